The molecule has 0 aliphatic heterocycles. The molecule has 1 aromatic heterocycles. The fourth-order valence-corrected chi connectivity index (χ4v) is 1.70. The van der Waals surface area contributed by atoms with Gasteiger partial charge in [-0.25, -0.2) is 4.98 Å². The first kappa shape index (κ1) is 10.3. The van der Waals surface area contributed by atoms with Gasteiger partial charge in [-0.15, -0.1) is 0 Å². The number of aromatic nitrogens is 2. The van der Waals surface area contributed by atoms with Gasteiger partial charge in [-0.3, -0.25) is 4.79 Å². The average molecular weight is 198 g/mol. The predicted molar refractivity (Wildman–Crippen MR) is 52.9 cm³/mol. The highest BCUT2D eigenvalue weighted by atomic mass is 32.1. The van der Waals surface area contributed by atoms with E-state index in [9.17, 15) is 4.79 Å². The van der Waals surface area contributed by atoms with Gasteiger partial charge in [0, 0.05) is 12.8 Å². The fraction of sp³-hybridized carbons (Fsp3) is 0.667. The monoisotopic (exact) mass is 198 g/mol. The maximum Gasteiger partial charge on any atom is 0.142 e. The highest BCUT2D eigenvalue weighted by molar-refractivity contribution is 7.05. The molecular weight excluding hydrogens is 184 g/mol. The van der Waals surface area contributed by atoms with Crippen molar-refractivity contribution in [3.63, 3.8) is 0 Å². The summed E-state index contributed by atoms with van der Waals surface area (Å²) in [7, 11) is 0. The van der Waals surface area contributed by atoms with Gasteiger partial charge in [0.15, 0.2) is 0 Å². The highest BCUT2D eigenvalue weighted by Crippen LogP contribution is 2.08. The second-order valence-corrected chi connectivity index (χ2v) is 3.76. The second kappa shape index (κ2) is 5.07. The van der Waals surface area contributed by atoms with Crippen molar-refractivity contribution in [3.8, 4) is 0 Å². The molecule has 0 fully saturated rings. The maximum absolute atomic E-state index is 11.1. The molecular formula is C9H14N2OS. The number of carbonyl (C=O) groups is 1. The Kier molecular flexibility index (Phi) is 4.02. The summed E-state index contributed by atoms with van der Waals surface area (Å²) >= 11 is 1.35. The zero-order valence-electron chi connectivity index (χ0n) is 8.04. The van der Waals surface area contributed by atoms with E-state index >= 15 is 0 Å². The summed E-state index contributed by atoms with van der Waals surface area (Å²) in [5.74, 6) is 1.12. The number of hydrogen-bond donors (Lipinski definition) is 0. The number of aryl methyl sites for hydroxylation is 1. The van der Waals surface area contributed by atoms with E-state index in [2.05, 4.69) is 16.3 Å². The van der Waals surface area contributed by atoms with Crippen LogP contribution in [-0.4, -0.2) is 15.1 Å². The quantitative estimate of drug-likeness (QED) is 0.727. The standard InChI is InChI=1S/C9H14N2OS/c1-3-5-8-10-9(13-11-8)6-7(12)4-2/h3-6H2,1-2H3. The molecule has 0 aromatic carbocycles. The van der Waals surface area contributed by atoms with Crippen LogP contribution in [0.3, 0.4) is 0 Å². The summed E-state index contributed by atoms with van der Waals surface area (Å²) < 4.78 is 4.17. The zero-order valence-corrected chi connectivity index (χ0v) is 8.86. The fourth-order valence-electron chi connectivity index (χ4n) is 0.981. The minimum absolute atomic E-state index is 0.235. The van der Waals surface area contributed by atoms with E-state index in [4.69, 9.17) is 0 Å². The molecule has 0 radical (unpaired) electrons. The Bertz CT molecular complexity index is 283. The van der Waals surface area contributed by atoms with Gasteiger partial charge >= 0.3 is 0 Å². The Morgan fingerprint density at radius 1 is 1.46 bits per heavy atom. The molecule has 13 heavy (non-hydrogen) atoms. The molecule has 3 nitrogen and oxygen atoms in total. The predicted octanol–water partition coefficient (Wildman–Crippen LogP) is 2.01. The van der Waals surface area contributed by atoms with Crippen LogP contribution in [0.25, 0.3) is 0 Å². The number of nitrogens with zero attached hydrogens (tertiary/aromatic N) is 2. The molecule has 0 saturated heterocycles. The van der Waals surface area contributed by atoms with Gasteiger partial charge in [-0.2, -0.15) is 4.37 Å². The van der Waals surface area contributed by atoms with Crippen LogP contribution in [0.4, 0.5) is 0 Å². The van der Waals surface area contributed by atoms with Crippen LogP contribution < -0.4 is 0 Å². The molecule has 0 N–H and O–H groups in total. The first-order valence-corrected chi connectivity index (χ1v) is 5.36. The van der Waals surface area contributed by atoms with E-state index in [1.165, 1.54) is 11.5 Å². The summed E-state index contributed by atoms with van der Waals surface area (Å²) in [4.78, 5) is 15.4. The van der Waals surface area contributed by atoms with Crippen molar-refractivity contribution >= 4 is 17.3 Å². The molecule has 0 aliphatic rings. The first-order chi connectivity index (χ1) is 6.26. The molecule has 0 amide bonds. The molecule has 0 spiro atoms. The van der Waals surface area contributed by atoms with Crippen LogP contribution in [0.5, 0.6) is 0 Å². The Labute approximate surface area is 82.4 Å². The molecule has 1 rings (SSSR count). The van der Waals surface area contributed by atoms with Gasteiger partial charge in [-0.1, -0.05) is 13.8 Å². The number of carbonyl (C=O) groups excluding carboxylic acids is 1. The van der Waals surface area contributed by atoms with Crippen LogP contribution in [0.1, 0.15) is 37.5 Å². The van der Waals surface area contributed by atoms with Crippen molar-refractivity contribution in [1.29, 1.82) is 0 Å². The lowest BCUT2D eigenvalue weighted by molar-refractivity contribution is -0.118. The van der Waals surface area contributed by atoms with Crippen molar-refractivity contribution in [1.82, 2.24) is 9.36 Å². The van der Waals surface area contributed by atoms with E-state index < -0.39 is 0 Å². The van der Waals surface area contributed by atoms with E-state index in [1.807, 2.05) is 6.92 Å². The minimum atomic E-state index is 0.235. The van der Waals surface area contributed by atoms with Crippen molar-refractivity contribution in [2.24, 2.45) is 0 Å². The van der Waals surface area contributed by atoms with E-state index in [-0.39, 0.29) is 5.78 Å². The summed E-state index contributed by atoms with van der Waals surface area (Å²) in [6.45, 7) is 3.97. The Morgan fingerprint density at radius 2 is 2.23 bits per heavy atom. The van der Waals surface area contributed by atoms with Gasteiger partial charge in [0.2, 0.25) is 0 Å². The second-order valence-electron chi connectivity index (χ2n) is 2.92. The largest absolute Gasteiger partial charge is 0.299 e. The smallest absolute Gasteiger partial charge is 0.142 e. The van der Waals surface area contributed by atoms with Crippen LogP contribution in [-0.2, 0) is 17.6 Å². The molecule has 1 heterocycles. The third-order valence-electron chi connectivity index (χ3n) is 1.73. The van der Waals surface area contributed by atoms with E-state index in [0.717, 1.165) is 23.7 Å². The van der Waals surface area contributed by atoms with Crippen LogP contribution in [0.15, 0.2) is 0 Å². The normalized spacial score (nSPS) is 10.3. The molecule has 1 aromatic rings. The van der Waals surface area contributed by atoms with Crippen molar-refractivity contribution in [2.75, 3.05) is 0 Å². The topological polar surface area (TPSA) is 42.9 Å². The van der Waals surface area contributed by atoms with Crippen LogP contribution in [0.2, 0.25) is 0 Å². The van der Waals surface area contributed by atoms with Gasteiger partial charge in [0.1, 0.15) is 16.6 Å². The van der Waals surface area contributed by atoms with Gasteiger partial charge < -0.3 is 0 Å². The molecule has 0 aliphatic carbocycles. The molecule has 0 unspecified atom stereocenters. The summed E-state index contributed by atoms with van der Waals surface area (Å²) in [5.41, 5.74) is 0. The van der Waals surface area contributed by atoms with Gasteiger partial charge in [-0.05, 0) is 18.0 Å². The summed E-state index contributed by atoms with van der Waals surface area (Å²) in [6, 6.07) is 0. The third-order valence-corrected chi connectivity index (χ3v) is 2.47. The highest BCUT2D eigenvalue weighted by Gasteiger charge is 2.06. The average Bonchev–Trinajstić information content (AvgIpc) is 2.53. The SMILES string of the molecule is CCCc1nsc(CC(=O)CC)n1. The summed E-state index contributed by atoms with van der Waals surface area (Å²) in [5, 5.41) is 0.857. The molecule has 72 valence electrons. The third kappa shape index (κ3) is 3.22. The van der Waals surface area contributed by atoms with Crippen molar-refractivity contribution in [3.05, 3.63) is 10.8 Å². The van der Waals surface area contributed by atoms with Gasteiger partial charge in [0.05, 0.1) is 6.42 Å². The Morgan fingerprint density at radius 3 is 2.85 bits per heavy atom. The lowest BCUT2D eigenvalue weighted by Crippen LogP contribution is -1.99. The first-order valence-electron chi connectivity index (χ1n) is 4.59. The van der Waals surface area contributed by atoms with Crippen LogP contribution in [0, 0.1) is 0 Å². The van der Waals surface area contributed by atoms with E-state index in [0.29, 0.717) is 12.8 Å². The Hall–Kier alpha value is -0.770. The van der Waals surface area contributed by atoms with E-state index in [1.54, 1.807) is 0 Å². The number of hydrogen-bond acceptors (Lipinski definition) is 4. The van der Waals surface area contributed by atoms with Crippen molar-refractivity contribution in [2.45, 2.75) is 39.5 Å². The zero-order chi connectivity index (χ0) is 9.68. The maximum atomic E-state index is 11.1. The Balaban J connectivity index is 2.53. The molecule has 4 heteroatoms. The van der Waals surface area contributed by atoms with Gasteiger partial charge in [0.25, 0.3) is 0 Å². The van der Waals surface area contributed by atoms with Crippen LogP contribution >= 0.6 is 11.5 Å². The number of rotatable bonds is 5. The van der Waals surface area contributed by atoms with Crippen molar-refractivity contribution < 1.29 is 4.79 Å². The minimum Gasteiger partial charge on any atom is -0.299 e. The summed E-state index contributed by atoms with van der Waals surface area (Å²) in [6.07, 6.45) is 3.01. The molecule has 0 bridgehead atoms. The number of Topliss-reactive ketones (excluding diaryl/α,β-unsaturated/α-hetero) is 1. The molecule has 0 saturated carbocycles. The lowest BCUT2D eigenvalue weighted by Gasteiger charge is -1.90. The molecule has 0 atom stereocenters. The number of ketones is 1. The lowest BCUT2D eigenvalue weighted by atomic mass is 10.2.